The molecular weight excluding hydrogens is 620 g/mol. The van der Waals surface area contributed by atoms with Gasteiger partial charge in [0.15, 0.2) is 11.6 Å². The number of methoxy groups -OCH3 is 1. The van der Waals surface area contributed by atoms with Crippen molar-refractivity contribution < 1.29 is 18.8 Å². The lowest BCUT2D eigenvalue weighted by atomic mass is 9.91. The summed E-state index contributed by atoms with van der Waals surface area (Å²) in [7, 11) is 1.66. The van der Waals surface area contributed by atoms with Crippen LogP contribution in [0.2, 0.25) is 0 Å². The number of ether oxygens (including phenoxy) is 2. The summed E-state index contributed by atoms with van der Waals surface area (Å²) < 4.78 is 19.0. The number of carbonyl (C=O) groups excluding carboxylic acids is 1. The fourth-order valence-electron chi connectivity index (χ4n) is 6.41. The summed E-state index contributed by atoms with van der Waals surface area (Å²) in [6.45, 7) is 11.7. The zero-order valence-electron chi connectivity index (χ0n) is 29.1. The monoisotopic (exact) mass is 664 g/mol. The number of likely N-dealkylation sites (tertiary alicyclic amines) is 1. The van der Waals surface area contributed by atoms with E-state index in [0.29, 0.717) is 42.7 Å². The molecule has 5 heterocycles. The van der Waals surface area contributed by atoms with Crippen LogP contribution in [0.25, 0.3) is 33.7 Å². The van der Waals surface area contributed by atoms with Crippen molar-refractivity contribution in [3.63, 3.8) is 0 Å². The second-order valence-electron chi connectivity index (χ2n) is 14.3. The number of nitrogens with one attached hydrogen (secondary N) is 1. The molecule has 0 spiro atoms. The second kappa shape index (κ2) is 13.1. The average molecular weight is 665 g/mol. The highest BCUT2D eigenvalue weighted by atomic mass is 16.6. The Morgan fingerprint density at radius 3 is 2.33 bits per heavy atom. The predicted molar refractivity (Wildman–Crippen MR) is 187 cm³/mol. The number of carbonyl (C=O) groups is 1. The number of nitrogens with zero attached hydrogens (tertiary/aromatic N) is 7. The molecule has 1 amide bonds. The molecule has 1 aromatic carbocycles. The number of benzene rings is 1. The molecule has 0 atom stereocenters. The summed E-state index contributed by atoms with van der Waals surface area (Å²) in [5.74, 6) is 3.43. The number of hydrogen-bond donors (Lipinski definition) is 1. The van der Waals surface area contributed by atoms with E-state index in [0.717, 1.165) is 64.8 Å². The number of anilines is 1. The van der Waals surface area contributed by atoms with Crippen molar-refractivity contribution in [2.75, 3.05) is 25.5 Å². The highest BCUT2D eigenvalue weighted by molar-refractivity contribution is 6.02. The Kier molecular flexibility index (Phi) is 8.72. The van der Waals surface area contributed by atoms with Gasteiger partial charge in [-0.15, -0.1) is 0 Å². The summed E-state index contributed by atoms with van der Waals surface area (Å²) in [5, 5.41) is 14.2. The number of pyridine rings is 1. The van der Waals surface area contributed by atoms with E-state index in [1.165, 1.54) is 0 Å². The lowest BCUT2D eigenvalue weighted by Gasteiger charge is -2.33. The van der Waals surface area contributed by atoms with Crippen LogP contribution >= 0.6 is 0 Å². The molecule has 0 radical (unpaired) electrons. The van der Waals surface area contributed by atoms with Crippen LogP contribution in [0.5, 0.6) is 5.75 Å². The topological polar surface area (TPSA) is 133 Å². The smallest absolute Gasteiger partial charge is 0.410 e. The van der Waals surface area contributed by atoms with Gasteiger partial charge in [-0.25, -0.2) is 19.7 Å². The highest BCUT2D eigenvalue weighted by Crippen LogP contribution is 2.48. The van der Waals surface area contributed by atoms with Gasteiger partial charge in [0, 0.05) is 50.2 Å². The first kappa shape index (κ1) is 32.5. The molecule has 0 unspecified atom stereocenters. The largest absolute Gasteiger partial charge is 0.497 e. The Balaban J connectivity index is 1.20. The van der Waals surface area contributed by atoms with Crippen molar-refractivity contribution in [1.82, 2.24) is 34.8 Å². The number of rotatable bonds is 9. The fraction of sp³-hybridized carbons (Fsp3) is 0.459. The van der Waals surface area contributed by atoms with Gasteiger partial charge in [-0.1, -0.05) is 17.3 Å². The van der Waals surface area contributed by atoms with E-state index < -0.39 is 5.60 Å². The van der Waals surface area contributed by atoms with Crippen LogP contribution in [0.3, 0.4) is 0 Å². The normalized spacial score (nSPS) is 15.6. The van der Waals surface area contributed by atoms with Crippen LogP contribution in [0, 0.1) is 0 Å². The van der Waals surface area contributed by atoms with E-state index in [4.69, 9.17) is 34.0 Å². The quantitative estimate of drug-likeness (QED) is 0.167. The van der Waals surface area contributed by atoms with Gasteiger partial charge in [-0.2, -0.15) is 5.10 Å². The zero-order valence-corrected chi connectivity index (χ0v) is 29.1. The van der Waals surface area contributed by atoms with Gasteiger partial charge in [-0.05, 0) is 95.5 Å². The fourth-order valence-corrected chi connectivity index (χ4v) is 6.41. The molecule has 12 nitrogen and oxygen atoms in total. The summed E-state index contributed by atoms with van der Waals surface area (Å²) in [6.07, 6.45) is 9.10. The van der Waals surface area contributed by atoms with Gasteiger partial charge in [-0.3, -0.25) is 4.68 Å². The van der Waals surface area contributed by atoms with Crippen LogP contribution in [0.1, 0.15) is 95.1 Å². The standard InChI is InChI=1S/C37H44N8O4/c1-22(2)45-28-13-16-38-34(39-19-23-7-11-27(47-6)12-8-23)29(28)31(42-45)32-30(33(49-43-32)25-9-10-25)35-40-20-26(21-41-35)24-14-17-44(18-15-24)36(46)48-37(3,4)5/h7-8,11-13,16,20-22,24-25H,9-10,14-15,17-19H2,1-6H3,(H,38,39). The minimum absolute atomic E-state index is 0.101. The molecule has 1 aliphatic heterocycles. The third-order valence-electron chi connectivity index (χ3n) is 9.13. The van der Waals surface area contributed by atoms with Gasteiger partial charge < -0.3 is 24.2 Å². The molecule has 2 fully saturated rings. The van der Waals surface area contributed by atoms with Gasteiger partial charge >= 0.3 is 6.09 Å². The SMILES string of the molecule is COc1ccc(CNc2nccc3c2c(-c2noc(C4CC4)c2-c2ncc(C4CCN(C(=O)OC(C)(C)C)CC4)cn2)nn3C(C)C)cc1. The van der Waals surface area contributed by atoms with Crippen LogP contribution < -0.4 is 10.1 Å². The van der Waals surface area contributed by atoms with Crippen molar-refractivity contribution in [2.45, 2.75) is 90.3 Å². The first-order valence-corrected chi connectivity index (χ1v) is 17.1. The van der Waals surface area contributed by atoms with E-state index in [2.05, 4.69) is 24.3 Å². The number of aromatic nitrogens is 6. The summed E-state index contributed by atoms with van der Waals surface area (Å²) >= 11 is 0. The van der Waals surface area contributed by atoms with Crippen LogP contribution in [0.4, 0.5) is 10.6 Å². The van der Waals surface area contributed by atoms with Crippen molar-refractivity contribution in [2.24, 2.45) is 0 Å². The molecule has 49 heavy (non-hydrogen) atoms. The zero-order chi connectivity index (χ0) is 34.3. The minimum atomic E-state index is -0.511. The third kappa shape index (κ3) is 6.81. The number of amides is 1. The predicted octanol–water partition coefficient (Wildman–Crippen LogP) is 7.74. The summed E-state index contributed by atoms with van der Waals surface area (Å²) in [6, 6.07) is 10.1. The van der Waals surface area contributed by atoms with Gasteiger partial charge in [0.2, 0.25) is 0 Å². The summed E-state index contributed by atoms with van der Waals surface area (Å²) in [5.41, 5.74) is 4.68. The van der Waals surface area contributed by atoms with Crippen LogP contribution in [-0.4, -0.2) is 66.7 Å². The maximum absolute atomic E-state index is 12.6. The number of hydrogen-bond acceptors (Lipinski definition) is 10. The van der Waals surface area contributed by atoms with E-state index in [9.17, 15) is 4.79 Å². The van der Waals surface area contributed by atoms with E-state index >= 15 is 0 Å². The first-order valence-electron chi connectivity index (χ1n) is 17.1. The van der Waals surface area contributed by atoms with Crippen LogP contribution in [0.15, 0.2) is 53.4 Å². The average Bonchev–Trinajstić information content (AvgIpc) is 3.72. The maximum Gasteiger partial charge on any atom is 0.410 e. The lowest BCUT2D eigenvalue weighted by Crippen LogP contribution is -2.41. The van der Waals surface area contributed by atoms with E-state index in [-0.39, 0.29) is 24.0 Å². The molecule has 1 saturated carbocycles. The molecule has 12 heteroatoms. The first-order chi connectivity index (χ1) is 23.6. The number of piperidine rings is 1. The molecule has 0 bridgehead atoms. The third-order valence-corrected chi connectivity index (χ3v) is 9.13. The van der Waals surface area contributed by atoms with E-state index in [1.807, 2.05) is 74.4 Å². The Bertz CT molecular complexity index is 1930. The molecule has 2 aliphatic rings. The second-order valence-corrected chi connectivity index (χ2v) is 14.3. The Morgan fingerprint density at radius 1 is 0.980 bits per heavy atom. The molecule has 1 saturated heterocycles. The van der Waals surface area contributed by atoms with Crippen molar-refractivity contribution in [3.05, 3.63) is 65.8 Å². The lowest BCUT2D eigenvalue weighted by molar-refractivity contribution is 0.0204. The molecule has 1 N–H and O–H groups in total. The van der Waals surface area contributed by atoms with Gasteiger partial charge in [0.1, 0.15) is 28.6 Å². The van der Waals surface area contributed by atoms with Crippen molar-refractivity contribution in [3.8, 4) is 28.5 Å². The molecule has 5 aromatic rings. The Labute approximate surface area is 286 Å². The van der Waals surface area contributed by atoms with E-state index in [1.54, 1.807) is 12.0 Å². The maximum atomic E-state index is 12.6. The van der Waals surface area contributed by atoms with Crippen molar-refractivity contribution in [1.29, 1.82) is 0 Å². The Hall–Kier alpha value is -5.00. The molecule has 7 rings (SSSR count). The van der Waals surface area contributed by atoms with Crippen LogP contribution in [-0.2, 0) is 11.3 Å². The molecule has 4 aromatic heterocycles. The van der Waals surface area contributed by atoms with Crippen molar-refractivity contribution >= 4 is 22.8 Å². The van der Waals surface area contributed by atoms with Gasteiger partial charge in [0.25, 0.3) is 0 Å². The minimum Gasteiger partial charge on any atom is -0.497 e. The number of fused-ring (bicyclic) bond motifs is 1. The molecular formula is C37H44N8O4. The Morgan fingerprint density at radius 2 is 1.69 bits per heavy atom. The highest BCUT2D eigenvalue weighted by Gasteiger charge is 2.36. The molecule has 256 valence electrons. The summed E-state index contributed by atoms with van der Waals surface area (Å²) in [4.78, 5) is 28.9. The van der Waals surface area contributed by atoms with Gasteiger partial charge in [0.05, 0.1) is 23.6 Å². The molecule has 1 aliphatic carbocycles.